The highest BCUT2D eigenvalue weighted by Crippen LogP contribution is 2.26. The van der Waals surface area contributed by atoms with Gasteiger partial charge < -0.3 is 0 Å². The van der Waals surface area contributed by atoms with Crippen LogP contribution in [0.15, 0.2) is 58.9 Å². The van der Waals surface area contributed by atoms with Gasteiger partial charge in [0.2, 0.25) is 5.13 Å². The minimum Gasteiger partial charge on any atom is -0.296 e. The number of unbranched alkanes of at least 4 members (excludes halogenated alkanes) is 1. The Balaban J connectivity index is 1.52. The molecule has 0 bridgehead atoms. The molecule has 28 heavy (non-hydrogen) atoms. The summed E-state index contributed by atoms with van der Waals surface area (Å²) in [6, 6.07) is 16.8. The normalized spacial score (nSPS) is 10.6. The van der Waals surface area contributed by atoms with Gasteiger partial charge in [0.25, 0.3) is 5.91 Å². The summed E-state index contributed by atoms with van der Waals surface area (Å²) >= 11 is 2.58. The van der Waals surface area contributed by atoms with Crippen LogP contribution in [0.3, 0.4) is 0 Å². The van der Waals surface area contributed by atoms with Crippen molar-refractivity contribution < 1.29 is 9.59 Å². The number of nitrogens with zero attached hydrogens (tertiary/aromatic N) is 2. The molecule has 1 N–H and O–H groups in total. The van der Waals surface area contributed by atoms with Gasteiger partial charge in [0.1, 0.15) is 0 Å². The summed E-state index contributed by atoms with van der Waals surface area (Å²) < 4.78 is 0.648. The summed E-state index contributed by atoms with van der Waals surface area (Å²) in [5.74, 6) is 0.107. The molecule has 0 spiro atoms. The van der Waals surface area contributed by atoms with Gasteiger partial charge in [-0.2, -0.15) is 0 Å². The highest BCUT2D eigenvalue weighted by atomic mass is 32.2. The lowest BCUT2D eigenvalue weighted by Crippen LogP contribution is -2.11. The SMILES string of the molecule is CCCCc1ccc(C(=O)Nc2nnc(SCC(=O)c3ccccc3)s2)cc1. The molecule has 0 radical (unpaired) electrons. The number of benzene rings is 2. The van der Waals surface area contributed by atoms with Crippen molar-refractivity contribution >= 4 is 39.9 Å². The zero-order valence-electron chi connectivity index (χ0n) is 15.6. The maximum absolute atomic E-state index is 12.4. The van der Waals surface area contributed by atoms with E-state index in [1.54, 1.807) is 12.1 Å². The van der Waals surface area contributed by atoms with E-state index in [0.717, 1.165) is 19.3 Å². The number of carbonyl (C=O) groups excluding carboxylic acids is 2. The molecular weight excluding hydrogens is 390 g/mol. The highest BCUT2D eigenvalue weighted by molar-refractivity contribution is 8.01. The van der Waals surface area contributed by atoms with Gasteiger partial charge in [0, 0.05) is 11.1 Å². The van der Waals surface area contributed by atoms with E-state index in [1.165, 1.54) is 28.7 Å². The van der Waals surface area contributed by atoms with Crippen molar-refractivity contribution in [2.75, 3.05) is 11.1 Å². The van der Waals surface area contributed by atoms with Crippen LogP contribution in [0.2, 0.25) is 0 Å². The van der Waals surface area contributed by atoms with E-state index in [4.69, 9.17) is 0 Å². The van der Waals surface area contributed by atoms with Gasteiger partial charge in [0.15, 0.2) is 10.1 Å². The lowest BCUT2D eigenvalue weighted by atomic mass is 10.1. The Morgan fingerprint density at radius 2 is 1.75 bits per heavy atom. The van der Waals surface area contributed by atoms with Gasteiger partial charge in [-0.25, -0.2) is 0 Å². The van der Waals surface area contributed by atoms with E-state index in [2.05, 4.69) is 22.4 Å². The van der Waals surface area contributed by atoms with E-state index in [9.17, 15) is 9.59 Å². The van der Waals surface area contributed by atoms with E-state index in [-0.39, 0.29) is 17.4 Å². The van der Waals surface area contributed by atoms with Crippen LogP contribution in [-0.4, -0.2) is 27.6 Å². The van der Waals surface area contributed by atoms with Gasteiger partial charge in [-0.15, -0.1) is 10.2 Å². The van der Waals surface area contributed by atoms with Gasteiger partial charge in [-0.1, -0.05) is 78.9 Å². The van der Waals surface area contributed by atoms with E-state index < -0.39 is 0 Å². The molecule has 0 aliphatic carbocycles. The van der Waals surface area contributed by atoms with Crippen molar-refractivity contribution in [2.45, 2.75) is 30.5 Å². The van der Waals surface area contributed by atoms with E-state index in [1.807, 2.05) is 42.5 Å². The quantitative estimate of drug-likeness (QED) is 0.301. The van der Waals surface area contributed by atoms with Gasteiger partial charge in [-0.05, 0) is 30.5 Å². The summed E-state index contributed by atoms with van der Waals surface area (Å²) in [5, 5.41) is 11.2. The zero-order valence-corrected chi connectivity index (χ0v) is 17.2. The average molecular weight is 412 g/mol. The number of hydrogen-bond donors (Lipinski definition) is 1. The zero-order chi connectivity index (χ0) is 19.8. The molecule has 3 rings (SSSR count). The number of amides is 1. The number of hydrogen-bond acceptors (Lipinski definition) is 6. The first-order chi connectivity index (χ1) is 13.7. The second-order valence-electron chi connectivity index (χ2n) is 6.21. The standard InChI is InChI=1S/C21H21N3O2S2/c1-2-3-7-15-10-12-17(13-11-15)19(26)22-20-23-24-21(28-20)27-14-18(25)16-8-5-4-6-9-16/h4-6,8-13H,2-3,7,14H2,1H3,(H,22,23,26). The van der Waals surface area contributed by atoms with Crippen LogP contribution in [0.5, 0.6) is 0 Å². The second-order valence-corrected chi connectivity index (χ2v) is 8.41. The second kappa shape index (κ2) is 10.1. The minimum absolute atomic E-state index is 0.0366. The molecule has 1 aromatic heterocycles. The smallest absolute Gasteiger partial charge is 0.257 e. The third kappa shape index (κ3) is 5.74. The van der Waals surface area contributed by atoms with Gasteiger partial charge >= 0.3 is 0 Å². The fourth-order valence-corrected chi connectivity index (χ4v) is 4.17. The summed E-state index contributed by atoms with van der Waals surface area (Å²) in [6.07, 6.45) is 3.32. The first kappa shape index (κ1) is 20.2. The van der Waals surface area contributed by atoms with Gasteiger partial charge in [-0.3, -0.25) is 14.9 Å². The number of aryl methyl sites for hydroxylation is 1. The summed E-state index contributed by atoms with van der Waals surface area (Å²) in [6.45, 7) is 2.16. The molecule has 0 saturated carbocycles. The van der Waals surface area contributed by atoms with Crippen LogP contribution in [0.1, 0.15) is 46.0 Å². The number of Topliss-reactive ketones (excluding diaryl/α,β-unsaturated/α-hetero) is 1. The Hall–Kier alpha value is -2.51. The van der Waals surface area contributed by atoms with Crippen molar-refractivity contribution in [1.82, 2.24) is 10.2 Å². The number of anilines is 1. The Labute approximate surface area is 172 Å². The van der Waals surface area contributed by atoms with Crippen LogP contribution in [0.25, 0.3) is 0 Å². The fraction of sp³-hybridized carbons (Fsp3) is 0.238. The number of carbonyl (C=O) groups is 2. The van der Waals surface area contributed by atoms with Crippen molar-refractivity contribution in [1.29, 1.82) is 0 Å². The Kier molecular flexibility index (Phi) is 7.33. The van der Waals surface area contributed by atoms with Crippen LogP contribution < -0.4 is 5.32 Å². The van der Waals surface area contributed by atoms with E-state index >= 15 is 0 Å². The third-order valence-electron chi connectivity index (χ3n) is 4.08. The molecule has 0 aliphatic heterocycles. The molecule has 0 atom stereocenters. The molecule has 1 heterocycles. The molecule has 144 valence electrons. The Morgan fingerprint density at radius 1 is 1.00 bits per heavy atom. The predicted octanol–water partition coefficient (Wildman–Crippen LogP) is 5.11. The number of nitrogens with one attached hydrogen (secondary N) is 1. The highest BCUT2D eigenvalue weighted by Gasteiger charge is 2.12. The largest absolute Gasteiger partial charge is 0.296 e. The summed E-state index contributed by atoms with van der Waals surface area (Å²) in [7, 11) is 0. The predicted molar refractivity (Wildman–Crippen MR) is 114 cm³/mol. The summed E-state index contributed by atoms with van der Waals surface area (Å²) in [5.41, 5.74) is 2.50. The molecule has 0 aliphatic rings. The molecule has 7 heteroatoms. The molecule has 3 aromatic rings. The molecule has 1 amide bonds. The minimum atomic E-state index is -0.213. The first-order valence-electron chi connectivity index (χ1n) is 9.10. The van der Waals surface area contributed by atoms with Crippen molar-refractivity contribution in [3.8, 4) is 0 Å². The number of aromatic nitrogens is 2. The topological polar surface area (TPSA) is 72.0 Å². The lowest BCUT2D eigenvalue weighted by molar-refractivity contribution is 0.101. The number of ketones is 1. The molecule has 0 fully saturated rings. The average Bonchev–Trinajstić information content (AvgIpc) is 3.18. The van der Waals surface area contributed by atoms with Crippen molar-refractivity contribution in [3.05, 3.63) is 71.3 Å². The molecule has 0 unspecified atom stereocenters. The van der Waals surface area contributed by atoms with Crippen molar-refractivity contribution in [3.63, 3.8) is 0 Å². The van der Waals surface area contributed by atoms with Crippen LogP contribution in [0.4, 0.5) is 5.13 Å². The molecule has 0 saturated heterocycles. The maximum atomic E-state index is 12.4. The monoisotopic (exact) mass is 411 g/mol. The summed E-state index contributed by atoms with van der Waals surface area (Å²) in [4.78, 5) is 24.5. The molecule has 2 aromatic carbocycles. The lowest BCUT2D eigenvalue weighted by Gasteiger charge is -2.03. The first-order valence-corrected chi connectivity index (χ1v) is 10.9. The maximum Gasteiger partial charge on any atom is 0.257 e. The molecular formula is C21H21N3O2S2. The van der Waals surface area contributed by atoms with Gasteiger partial charge in [0.05, 0.1) is 5.75 Å². The van der Waals surface area contributed by atoms with Crippen molar-refractivity contribution in [2.24, 2.45) is 0 Å². The number of rotatable bonds is 9. The van der Waals surface area contributed by atoms with Crippen LogP contribution in [0, 0.1) is 0 Å². The fourth-order valence-electron chi connectivity index (χ4n) is 2.53. The Bertz CT molecular complexity index is 924. The molecule has 5 nitrogen and oxygen atoms in total. The van der Waals surface area contributed by atoms with Crippen LogP contribution in [-0.2, 0) is 6.42 Å². The van der Waals surface area contributed by atoms with Crippen LogP contribution >= 0.6 is 23.1 Å². The number of thioether (sulfide) groups is 1. The Morgan fingerprint density at radius 3 is 2.46 bits per heavy atom. The van der Waals surface area contributed by atoms with E-state index in [0.29, 0.717) is 20.6 Å². The third-order valence-corrected chi connectivity index (χ3v) is 6.06.